The summed E-state index contributed by atoms with van der Waals surface area (Å²) in [6, 6.07) is 9.15. The molecule has 2 rings (SSSR count). The van der Waals surface area contributed by atoms with Gasteiger partial charge in [0.1, 0.15) is 12.4 Å². The van der Waals surface area contributed by atoms with E-state index in [1.165, 1.54) is 24.3 Å². The first-order valence-corrected chi connectivity index (χ1v) is 6.33. The Bertz CT molecular complexity index is 638. The Morgan fingerprint density at radius 1 is 1.35 bits per heavy atom. The van der Waals surface area contributed by atoms with Crippen molar-refractivity contribution >= 4 is 23.3 Å². The average molecular weight is 294 g/mol. The topological polar surface area (TPSA) is 52.3 Å². The Labute approximate surface area is 121 Å². The zero-order valence-corrected chi connectivity index (χ0v) is 11.6. The molecule has 0 spiro atoms. The summed E-state index contributed by atoms with van der Waals surface area (Å²) in [6.07, 6.45) is 0. The molecular weight excluding hydrogens is 281 g/mol. The number of carbonyl (C=O) groups excluding carboxylic acids is 1. The molecule has 0 saturated carbocycles. The second kappa shape index (κ2) is 5.92. The minimum absolute atomic E-state index is 0.155. The summed E-state index contributed by atoms with van der Waals surface area (Å²) >= 11 is 5.85. The summed E-state index contributed by atoms with van der Waals surface area (Å²) in [7, 11) is 0. The standard InChI is InChI=1S/C15H13ClFNO2/c1-9-5-6-10(7-14(9)18)15(19)20-8-11-12(16)3-2-4-13(11)17/h2-7H,8,18H2,1H3. The molecule has 0 atom stereocenters. The van der Waals surface area contributed by atoms with Crippen LogP contribution in [0.3, 0.4) is 0 Å². The van der Waals surface area contributed by atoms with E-state index in [9.17, 15) is 9.18 Å². The molecular formula is C15H13ClFNO2. The van der Waals surface area contributed by atoms with Crippen LogP contribution in [0.25, 0.3) is 0 Å². The van der Waals surface area contributed by atoms with Gasteiger partial charge >= 0.3 is 5.97 Å². The fraction of sp³-hybridized carbons (Fsp3) is 0.133. The van der Waals surface area contributed by atoms with Crippen LogP contribution >= 0.6 is 11.6 Å². The van der Waals surface area contributed by atoms with Crippen molar-refractivity contribution in [3.8, 4) is 0 Å². The average Bonchev–Trinajstić information content (AvgIpc) is 2.41. The van der Waals surface area contributed by atoms with E-state index >= 15 is 0 Å². The van der Waals surface area contributed by atoms with Crippen LogP contribution in [0.15, 0.2) is 36.4 Å². The Balaban J connectivity index is 2.11. The number of hydrogen-bond acceptors (Lipinski definition) is 3. The van der Waals surface area contributed by atoms with Crippen LogP contribution in [-0.4, -0.2) is 5.97 Å². The smallest absolute Gasteiger partial charge is 0.338 e. The van der Waals surface area contributed by atoms with Gasteiger partial charge in [-0.05, 0) is 36.8 Å². The first-order valence-electron chi connectivity index (χ1n) is 5.95. The quantitative estimate of drug-likeness (QED) is 0.693. The molecule has 0 fully saturated rings. The van der Waals surface area contributed by atoms with Crippen LogP contribution in [0.1, 0.15) is 21.5 Å². The van der Waals surface area contributed by atoms with Crippen LogP contribution < -0.4 is 5.73 Å². The van der Waals surface area contributed by atoms with Gasteiger partial charge in [-0.25, -0.2) is 9.18 Å². The molecule has 0 aliphatic rings. The highest BCUT2D eigenvalue weighted by molar-refractivity contribution is 6.31. The fourth-order valence-electron chi connectivity index (χ4n) is 1.66. The Kier molecular flexibility index (Phi) is 4.25. The van der Waals surface area contributed by atoms with Gasteiger partial charge in [0.25, 0.3) is 0 Å². The predicted octanol–water partition coefficient (Wildman–Crippen LogP) is 3.73. The molecule has 104 valence electrons. The van der Waals surface area contributed by atoms with Crippen LogP contribution in [0.5, 0.6) is 0 Å². The van der Waals surface area contributed by atoms with Crippen LogP contribution in [0.4, 0.5) is 10.1 Å². The highest BCUT2D eigenvalue weighted by Crippen LogP contribution is 2.21. The number of esters is 1. The number of rotatable bonds is 3. The SMILES string of the molecule is Cc1ccc(C(=O)OCc2c(F)cccc2Cl)cc1N. The van der Waals surface area contributed by atoms with Crippen LogP contribution in [0, 0.1) is 12.7 Å². The van der Waals surface area contributed by atoms with Gasteiger partial charge in [0, 0.05) is 11.3 Å². The number of nitrogens with two attached hydrogens (primary N) is 1. The van der Waals surface area contributed by atoms with Gasteiger partial charge in [-0.1, -0.05) is 23.7 Å². The van der Waals surface area contributed by atoms with E-state index in [4.69, 9.17) is 22.1 Å². The number of benzene rings is 2. The molecule has 0 unspecified atom stereocenters. The second-order valence-electron chi connectivity index (χ2n) is 4.35. The molecule has 2 N–H and O–H groups in total. The summed E-state index contributed by atoms with van der Waals surface area (Å²) in [5, 5.41) is 0.223. The normalized spacial score (nSPS) is 10.3. The first-order chi connectivity index (χ1) is 9.49. The Hall–Kier alpha value is -2.07. The maximum absolute atomic E-state index is 13.5. The third-order valence-corrected chi connectivity index (χ3v) is 3.28. The number of ether oxygens (including phenoxy) is 1. The monoisotopic (exact) mass is 293 g/mol. The van der Waals surface area contributed by atoms with E-state index in [1.807, 2.05) is 6.92 Å². The lowest BCUT2D eigenvalue weighted by Crippen LogP contribution is -2.07. The molecule has 0 radical (unpaired) electrons. The summed E-state index contributed by atoms with van der Waals surface area (Å²) in [5.41, 5.74) is 7.58. The van der Waals surface area contributed by atoms with Gasteiger partial charge in [0.15, 0.2) is 0 Å². The lowest BCUT2D eigenvalue weighted by Gasteiger charge is -2.08. The zero-order chi connectivity index (χ0) is 14.7. The van der Waals surface area contributed by atoms with Gasteiger partial charge in [-0.15, -0.1) is 0 Å². The van der Waals surface area contributed by atoms with Crippen molar-refractivity contribution in [2.75, 3.05) is 5.73 Å². The van der Waals surface area contributed by atoms with Crippen molar-refractivity contribution in [3.05, 3.63) is 63.9 Å². The van der Waals surface area contributed by atoms with E-state index in [1.54, 1.807) is 12.1 Å². The van der Waals surface area contributed by atoms with E-state index in [0.717, 1.165) is 5.56 Å². The van der Waals surface area contributed by atoms with Crippen molar-refractivity contribution in [2.24, 2.45) is 0 Å². The molecule has 0 amide bonds. The van der Waals surface area contributed by atoms with Crippen molar-refractivity contribution < 1.29 is 13.9 Å². The van der Waals surface area contributed by atoms with Gasteiger partial charge in [0.2, 0.25) is 0 Å². The van der Waals surface area contributed by atoms with Crippen molar-refractivity contribution in [1.29, 1.82) is 0 Å². The molecule has 0 aliphatic heterocycles. The lowest BCUT2D eigenvalue weighted by molar-refractivity contribution is 0.0469. The molecule has 0 aliphatic carbocycles. The second-order valence-corrected chi connectivity index (χ2v) is 4.75. The number of halogens is 2. The molecule has 5 heteroatoms. The summed E-state index contributed by atoms with van der Waals surface area (Å²) in [6.45, 7) is 1.61. The molecule has 2 aromatic carbocycles. The molecule has 0 saturated heterocycles. The van der Waals surface area contributed by atoms with E-state index in [2.05, 4.69) is 0 Å². The van der Waals surface area contributed by atoms with E-state index in [-0.39, 0.29) is 17.2 Å². The summed E-state index contributed by atoms with van der Waals surface area (Å²) in [4.78, 5) is 11.9. The largest absolute Gasteiger partial charge is 0.457 e. The molecule has 0 heterocycles. The third-order valence-electron chi connectivity index (χ3n) is 2.92. The Morgan fingerprint density at radius 3 is 2.75 bits per heavy atom. The zero-order valence-electron chi connectivity index (χ0n) is 10.8. The maximum Gasteiger partial charge on any atom is 0.338 e. The van der Waals surface area contributed by atoms with Gasteiger partial charge in [-0.3, -0.25) is 0 Å². The molecule has 3 nitrogen and oxygen atoms in total. The summed E-state index contributed by atoms with van der Waals surface area (Å²) < 4.78 is 18.6. The van der Waals surface area contributed by atoms with Crippen molar-refractivity contribution in [2.45, 2.75) is 13.5 Å². The first kappa shape index (κ1) is 14.3. The number of carbonyl (C=O) groups is 1. The van der Waals surface area contributed by atoms with Gasteiger partial charge in [-0.2, -0.15) is 0 Å². The Morgan fingerprint density at radius 2 is 2.10 bits per heavy atom. The summed E-state index contributed by atoms with van der Waals surface area (Å²) in [5.74, 6) is -1.08. The minimum atomic E-state index is -0.573. The fourth-order valence-corrected chi connectivity index (χ4v) is 1.88. The highest BCUT2D eigenvalue weighted by Gasteiger charge is 2.12. The highest BCUT2D eigenvalue weighted by atomic mass is 35.5. The molecule has 2 aromatic rings. The molecule has 0 bridgehead atoms. The third kappa shape index (κ3) is 3.08. The predicted molar refractivity (Wildman–Crippen MR) is 76.1 cm³/mol. The maximum atomic E-state index is 13.5. The van der Waals surface area contributed by atoms with Crippen molar-refractivity contribution in [1.82, 2.24) is 0 Å². The lowest BCUT2D eigenvalue weighted by atomic mass is 10.1. The molecule has 0 aromatic heterocycles. The van der Waals surface area contributed by atoms with Gasteiger partial charge in [0.05, 0.1) is 10.6 Å². The van der Waals surface area contributed by atoms with E-state index in [0.29, 0.717) is 11.3 Å². The van der Waals surface area contributed by atoms with Crippen molar-refractivity contribution in [3.63, 3.8) is 0 Å². The molecule has 20 heavy (non-hydrogen) atoms. The van der Waals surface area contributed by atoms with Gasteiger partial charge < -0.3 is 10.5 Å². The number of aryl methyl sites for hydroxylation is 1. The van der Waals surface area contributed by atoms with Crippen LogP contribution in [-0.2, 0) is 11.3 Å². The minimum Gasteiger partial charge on any atom is -0.457 e. The number of nitrogen functional groups attached to an aromatic ring is 1. The van der Waals surface area contributed by atoms with Crippen LogP contribution in [0.2, 0.25) is 5.02 Å². The van der Waals surface area contributed by atoms with E-state index < -0.39 is 11.8 Å². The number of hydrogen-bond donors (Lipinski definition) is 1. The number of anilines is 1.